The Balaban J connectivity index is 1.88. The number of hydrogen-bond donors (Lipinski definition) is 2. The monoisotopic (exact) mass is 582 g/mol. The first-order valence-corrected chi connectivity index (χ1v) is 12.9. The zero-order valence-corrected chi connectivity index (χ0v) is 22.9. The van der Waals surface area contributed by atoms with Gasteiger partial charge in [-0.25, -0.2) is 4.79 Å². The molecule has 0 fully saturated rings. The number of hydrogen-bond acceptors (Lipinski definition) is 7. The second-order valence-electron chi connectivity index (χ2n) is 8.14. The first kappa shape index (κ1) is 30.5. The summed E-state index contributed by atoms with van der Waals surface area (Å²) in [7, 11) is 4.46. The molecule has 0 aliphatic rings. The zero-order chi connectivity index (χ0) is 29.1. The third-order valence-corrected chi connectivity index (χ3v) is 6.32. The fraction of sp³-hybridized carbons (Fsp3) is 0.346. The lowest BCUT2D eigenvalue weighted by molar-refractivity contribution is -0.274. The highest BCUT2D eigenvalue weighted by atomic mass is 32.1. The van der Waals surface area contributed by atoms with Crippen LogP contribution in [0.5, 0.6) is 17.2 Å². The highest BCUT2D eigenvalue weighted by Crippen LogP contribution is 2.28. The Hall–Kier alpha value is -4.04. The van der Waals surface area contributed by atoms with Gasteiger partial charge in [-0.15, -0.1) is 24.5 Å². The maximum absolute atomic E-state index is 13.1. The number of ether oxygens (including phenoxy) is 4. The number of thiazole rings is 1. The Morgan fingerprint density at radius 1 is 0.975 bits per heavy atom. The van der Waals surface area contributed by atoms with E-state index in [0.29, 0.717) is 60.2 Å². The number of alkyl halides is 3. The van der Waals surface area contributed by atoms with Crippen molar-refractivity contribution in [1.82, 2.24) is 15.2 Å². The van der Waals surface area contributed by atoms with Crippen molar-refractivity contribution >= 4 is 23.3 Å². The quantitative estimate of drug-likeness (QED) is 0.310. The van der Waals surface area contributed by atoms with Crippen LogP contribution in [0, 0.1) is 0 Å². The van der Waals surface area contributed by atoms with E-state index in [2.05, 4.69) is 20.4 Å². The van der Waals surface area contributed by atoms with Crippen molar-refractivity contribution in [3.8, 4) is 28.5 Å². The third kappa shape index (κ3) is 8.74. The van der Waals surface area contributed by atoms with Crippen LogP contribution in [0.25, 0.3) is 11.3 Å². The molecule has 216 valence electrons. The highest BCUT2D eigenvalue weighted by Gasteiger charge is 2.31. The minimum absolute atomic E-state index is 0.229. The van der Waals surface area contributed by atoms with Gasteiger partial charge in [0.05, 0.1) is 32.1 Å². The first-order chi connectivity index (χ1) is 19.1. The smallest absolute Gasteiger partial charge is 0.497 e. The summed E-state index contributed by atoms with van der Waals surface area (Å²) in [6.07, 6.45) is -4.33. The molecule has 2 N–H and O–H groups in total. The number of urea groups is 1. The van der Waals surface area contributed by atoms with Crippen LogP contribution in [-0.4, -0.2) is 63.9 Å². The molecular weight excluding hydrogens is 553 g/mol. The van der Waals surface area contributed by atoms with Crippen LogP contribution >= 0.6 is 11.3 Å². The normalized spacial score (nSPS) is 11.7. The highest BCUT2D eigenvalue weighted by molar-refractivity contribution is 7.07. The molecule has 0 unspecified atom stereocenters. The molecule has 0 aliphatic heterocycles. The second-order valence-corrected chi connectivity index (χ2v) is 8.98. The summed E-state index contributed by atoms with van der Waals surface area (Å²) in [5, 5.41) is 7.15. The minimum Gasteiger partial charge on any atom is -0.497 e. The number of benzene rings is 2. The largest absolute Gasteiger partial charge is 0.573 e. The average molecular weight is 583 g/mol. The number of nitrogens with one attached hydrogen (secondary N) is 2. The van der Waals surface area contributed by atoms with Gasteiger partial charge in [0.1, 0.15) is 17.2 Å². The molecular formula is C26H29F3N4O6S. The molecule has 0 atom stereocenters. The standard InChI is InChI=1S/C26H29F3N4O6S/c1-36-14-12-31-24(35)30-11-4-13-33-21(17-5-7-18(8-6-17)39-26(27,28)29)16-40-25(33)32-23(34)20-10-9-19(37-2)15-22(20)38-3/h5-10,15-16H,4,11-14H2,1-3H3,(H2,30,31,35). The van der Waals surface area contributed by atoms with E-state index in [4.69, 9.17) is 14.2 Å². The van der Waals surface area contributed by atoms with E-state index in [1.54, 1.807) is 28.1 Å². The fourth-order valence-corrected chi connectivity index (χ4v) is 4.52. The molecule has 3 rings (SSSR count). The number of methoxy groups -OCH3 is 3. The molecule has 3 aromatic rings. The number of amides is 3. The molecule has 0 saturated carbocycles. The molecule has 1 aromatic heterocycles. The Morgan fingerprint density at radius 2 is 1.68 bits per heavy atom. The molecule has 0 radical (unpaired) electrons. The van der Waals surface area contributed by atoms with Crippen LogP contribution in [0.1, 0.15) is 16.8 Å². The van der Waals surface area contributed by atoms with Gasteiger partial charge in [-0.05, 0) is 48.4 Å². The maximum atomic E-state index is 13.1. The zero-order valence-electron chi connectivity index (χ0n) is 22.0. The number of rotatable bonds is 12. The SMILES string of the molecule is COCCNC(=O)NCCCn1c(-c2ccc(OC(F)(F)F)cc2)csc1=NC(=O)c1ccc(OC)cc1OC. The van der Waals surface area contributed by atoms with Gasteiger partial charge < -0.3 is 34.1 Å². The molecule has 10 nitrogen and oxygen atoms in total. The van der Waals surface area contributed by atoms with Gasteiger partial charge in [0.15, 0.2) is 4.80 Å². The second kappa shape index (κ2) is 14.4. The van der Waals surface area contributed by atoms with Crippen molar-refractivity contribution in [3.05, 3.63) is 58.2 Å². The van der Waals surface area contributed by atoms with Gasteiger partial charge >= 0.3 is 12.4 Å². The predicted molar refractivity (Wildman–Crippen MR) is 142 cm³/mol. The Labute approximate surface area is 232 Å². The lowest BCUT2D eigenvalue weighted by atomic mass is 10.1. The van der Waals surface area contributed by atoms with E-state index in [0.717, 1.165) is 0 Å². The number of nitrogens with zero attached hydrogens (tertiary/aromatic N) is 2. The van der Waals surface area contributed by atoms with Gasteiger partial charge in [-0.3, -0.25) is 4.79 Å². The van der Waals surface area contributed by atoms with E-state index >= 15 is 0 Å². The van der Waals surface area contributed by atoms with E-state index in [1.165, 1.54) is 56.9 Å². The number of aromatic nitrogens is 1. The fourth-order valence-electron chi connectivity index (χ4n) is 3.58. The van der Waals surface area contributed by atoms with E-state index < -0.39 is 12.3 Å². The summed E-state index contributed by atoms with van der Waals surface area (Å²) >= 11 is 1.19. The molecule has 0 spiro atoms. The first-order valence-electron chi connectivity index (χ1n) is 12.0. The Morgan fingerprint density at radius 3 is 2.33 bits per heavy atom. The van der Waals surface area contributed by atoms with Gasteiger partial charge in [0.25, 0.3) is 5.91 Å². The number of carbonyl (C=O) groups excluding carboxylic acids is 2. The molecule has 0 aliphatic carbocycles. The number of carbonyl (C=O) groups is 2. The Bertz CT molecular complexity index is 1360. The van der Waals surface area contributed by atoms with Crippen LogP contribution in [0.3, 0.4) is 0 Å². The topological polar surface area (TPSA) is 112 Å². The van der Waals surface area contributed by atoms with Crippen LogP contribution in [0.2, 0.25) is 0 Å². The summed E-state index contributed by atoms with van der Waals surface area (Å²) in [5.41, 5.74) is 1.45. The summed E-state index contributed by atoms with van der Waals surface area (Å²) in [5.74, 6) is -0.0985. The van der Waals surface area contributed by atoms with Crippen molar-refractivity contribution in [2.45, 2.75) is 19.3 Å². The van der Waals surface area contributed by atoms with Crippen LogP contribution in [0.4, 0.5) is 18.0 Å². The van der Waals surface area contributed by atoms with Crippen LogP contribution in [0.15, 0.2) is 52.8 Å². The molecule has 2 aromatic carbocycles. The van der Waals surface area contributed by atoms with Crippen LogP contribution in [-0.2, 0) is 11.3 Å². The van der Waals surface area contributed by atoms with Crippen molar-refractivity contribution < 1.29 is 41.7 Å². The number of halogens is 3. The average Bonchev–Trinajstić information content (AvgIpc) is 3.32. The summed E-state index contributed by atoms with van der Waals surface area (Å²) < 4.78 is 58.9. The lowest BCUT2D eigenvalue weighted by Gasteiger charge is -2.12. The van der Waals surface area contributed by atoms with E-state index in [-0.39, 0.29) is 17.3 Å². The van der Waals surface area contributed by atoms with E-state index in [9.17, 15) is 22.8 Å². The van der Waals surface area contributed by atoms with Crippen molar-refractivity contribution in [1.29, 1.82) is 0 Å². The van der Waals surface area contributed by atoms with Gasteiger partial charge in [-0.2, -0.15) is 4.99 Å². The third-order valence-electron chi connectivity index (χ3n) is 5.45. The lowest BCUT2D eigenvalue weighted by Crippen LogP contribution is -2.38. The van der Waals surface area contributed by atoms with Crippen molar-refractivity contribution in [2.24, 2.45) is 4.99 Å². The van der Waals surface area contributed by atoms with Crippen LogP contribution < -0.4 is 29.6 Å². The molecule has 1 heterocycles. The van der Waals surface area contributed by atoms with Gasteiger partial charge in [0.2, 0.25) is 0 Å². The molecule has 14 heteroatoms. The minimum atomic E-state index is -4.80. The maximum Gasteiger partial charge on any atom is 0.573 e. The molecule has 0 bridgehead atoms. The predicted octanol–water partition coefficient (Wildman–Crippen LogP) is 4.21. The van der Waals surface area contributed by atoms with Crippen molar-refractivity contribution in [2.75, 3.05) is 41.0 Å². The summed E-state index contributed by atoms with van der Waals surface area (Å²) in [4.78, 5) is 29.7. The molecule has 3 amide bonds. The van der Waals surface area contributed by atoms with Crippen molar-refractivity contribution in [3.63, 3.8) is 0 Å². The summed E-state index contributed by atoms with van der Waals surface area (Å²) in [6, 6.07) is 9.78. The van der Waals surface area contributed by atoms with Gasteiger partial charge in [0, 0.05) is 38.2 Å². The molecule has 40 heavy (non-hydrogen) atoms. The summed E-state index contributed by atoms with van der Waals surface area (Å²) in [6.45, 7) is 1.41. The molecule has 0 saturated heterocycles. The Kier molecular flexibility index (Phi) is 11.0. The van der Waals surface area contributed by atoms with E-state index in [1.807, 2.05) is 0 Å². The van der Waals surface area contributed by atoms with Gasteiger partial charge in [-0.1, -0.05) is 0 Å².